The Morgan fingerprint density at radius 3 is 2.56 bits per heavy atom. The topological polar surface area (TPSA) is 49.3 Å². The molecule has 16 heavy (non-hydrogen) atoms. The quantitative estimate of drug-likeness (QED) is 0.721. The predicted molar refractivity (Wildman–Crippen MR) is 64.6 cm³/mol. The maximum Gasteiger partial charge on any atom is 0.307 e. The molecule has 0 amide bonds. The first-order valence-electron chi connectivity index (χ1n) is 5.58. The van der Waals surface area contributed by atoms with Gasteiger partial charge in [-0.3, -0.25) is 4.79 Å². The molecule has 0 saturated heterocycles. The lowest BCUT2D eigenvalue weighted by atomic mass is 10.1. The monoisotopic (exact) mass is 221 g/mol. The van der Waals surface area contributed by atoms with Crippen LogP contribution in [0.15, 0.2) is 24.3 Å². The van der Waals surface area contributed by atoms with Crippen molar-refractivity contribution in [3.63, 3.8) is 0 Å². The molecule has 3 heteroatoms. The van der Waals surface area contributed by atoms with E-state index in [0.717, 1.165) is 13.0 Å². The Bertz CT molecular complexity index is 332. The molecule has 1 aromatic rings. The van der Waals surface area contributed by atoms with Crippen LogP contribution in [0, 0.1) is 12.8 Å². The Morgan fingerprint density at radius 2 is 2.00 bits per heavy atom. The highest BCUT2D eigenvalue weighted by Crippen LogP contribution is 2.03. The van der Waals surface area contributed by atoms with E-state index >= 15 is 0 Å². The van der Waals surface area contributed by atoms with Crippen molar-refractivity contribution in [1.82, 2.24) is 5.32 Å². The molecule has 0 radical (unpaired) electrons. The van der Waals surface area contributed by atoms with Gasteiger partial charge in [-0.1, -0.05) is 36.8 Å². The van der Waals surface area contributed by atoms with Crippen molar-refractivity contribution in [2.24, 2.45) is 5.92 Å². The summed E-state index contributed by atoms with van der Waals surface area (Å²) in [6, 6.07) is 8.40. The van der Waals surface area contributed by atoms with Gasteiger partial charge in [-0.15, -0.1) is 0 Å². The highest BCUT2D eigenvalue weighted by Gasteiger charge is 2.08. The molecule has 0 spiro atoms. The van der Waals surface area contributed by atoms with Crippen molar-refractivity contribution in [1.29, 1.82) is 0 Å². The van der Waals surface area contributed by atoms with E-state index in [1.54, 1.807) is 6.92 Å². The van der Waals surface area contributed by atoms with Crippen LogP contribution in [0.5, 0.6) is 0 Å². The summed E-state index contributed by atoms with van der Waals surface area (Å²) >= 11 is 0. The van der Waals surface area contributed by atoms with Crippen molar-refractivity contribution in [2.45, 2.75) is 20.3 Å². The fourth-order valence-corrected chi connectivity index (χ4v) is 1.39. The Hall–Kier alpha value is -1.35. The molecule has 2 N–H and O–H groups in total. The SMILES string of the molecule is Cc1ccc(CCNCC(C)C(=O)O)cc1. The highest BCUT2D eigenvalue weighted by molar-refractivity contribution is 5.69. The third kappa shape index (κ3) is 4.45. The van der Waals surface area contributed by atoms with Gasteiger partial charge in [0.05, 0.1) is 5.92 Å². The van der Waals surface area contributed by atoms with E-state index in [1.165, 1.54) is 11.1 Å². The second-order valence-corrected chi connectivity index (χ2v) is 4.18. The first-order chi connectivity index (χ1) is 7.59. The zero-order chi connectivity index (χ0) is 12.0. The molecule has 0 aromatic heterocycles. The van der Waals surface area contributed by atoms with Gasteiger partial charge in [-0.25, -0.2) is 0 Å². The first-order valence-corrected chi connectivity index (χ1v) is 5.58. The molecule has 0 saturated carbocycles. The van der Waals surface area contributed by atoms with Crippen molar-refractivity contribution in [3.8, 4) is 0 Å². The van der Waals surface area contributed by atoms with Crippen molar-refractivity contribution in [2.75, 3.05) is 13.1 Å². The lowest BCUT2D eigenvalue weighted by Gasteiger charge is -2.08. The Kier molecular flexibility index (Phi) is 4.99. The summed E-state index contributed by atoms with van der Waals surface area (Å²) in [6.45, 7) is 5.12. The van der Waals surface area contributed by atoms with E-state index < -0.39 is 5.97 Å². The molecule has 0 aliphatic heterocycles. The number of carboxylic acids is 1. The second kappa shape index (κ2) is 6.28. The minimum absolute atomic E-state index is 0.321. The van der Waals surface area contributed by atoms with E-state index in [-0.39, 0.29) is 5.92 Å². The molecule has 3 nitrogen and oxygen atoms in total. The van der Waals surface area contributed by atoms with E-state index in [1.807, 2.05) is 0 Å². The van der Waals surface area contributed by atoms with E-state index in [2.05, 4.69) is 36.5 Å². The van der Waals surface area contributed by atoms with Crippen LogP contribution in [0.3, 0.4) is 0 Å². The summed E-state index contributed by atoms with van der Waals surface area (Å²) < 4.78 is 0. The summed E-state index contributed by atoms with van der Waals surface area (Å²) in [7, 11) is 0. The lowest BCUT2D eigenvalue weighted by molar-refractivity contribution is -0.140. The Labute approximate surface area is 96.5 Å². The Balaban J connectivity index is 2.21. The molecule has 1 atom stereocenters. The largest absolute Gasteiger partial charge is 0.481 e. The van der Waals surface area contributed by atoms with Gasteiger partial charge < -0.3 is 10.4 Å². The second-order valence-electron chi connectivity index (χ2n) is 4.18. The van der Waals surface area contributed by atoms with Gasteiger partial charge in [0.15, 0.2) is 0 Å². The summed E-state index contributed by atoms with van der Waals surface area (Å²) in [5.41, 5.74) is 2.54. The van der Waals surface area contributed by atoms with Crippen LogP contribution in [0.25, 0.3) is 0 Å². The third-order valence-corrected chi connectivity index (χ3v) is 2.58. The number of aryl methyl sites for hydroxylation is 1. The van der Waals surface area contributed by atoms with Gasteiger partial charge in [-0.05, 0) is 25.5 Å². The fraction of sp³-hybridized carbons (Fsp3) is 0.462. The van der Waals surface area contributed by atoms with Crippen molar-refractivity contribution < 1.29 is 9.90 Å². The van der Waals surface area contributed by atoms with Gasteiger partial charge in [0.25, 0.3) is 0 Å². The zero-order valence-electron chi connectivity index (χ0n) is 9.86. The number of carbonyl (C=O) groups is 1. The van der Waals surface area contributed by atoms with E-state index in [9.17, 15) is 4.79 Å². The van der Waals surface area contributed by atoms with Crippen LogP contribution in [0.4, 0.5) is 0 Å². The van der Waals surface area contributed by atoms with Crippen LogP contribution >= 0.6 is 0 Å². The predicted octanol–water partition coefficient (Wildman–Crippen LogP) is 1.85. The molecule has 0 bridgehead atoms. The molecule has 0 aliphatic rings. The standard InChI is InChI=1S/C13H19NO2/c1-10-3-5-12(6-4-10)7-8-14-9-11(2)13(15)16/h3-6,11,14H,7-9H2,1-2H3,(H,15,16). The maximum atomic E-state index is 10.6. The minimum Gasteiger partial charge on any atom is -0.481 e. The number of carboxylic acid groups (broad SMARTS) is 1. The minimum atomic E-state index is -0.747. The molecular weight excluding hydrogens is 202 g/mol. The molecule has 0 heterocycles. The first kappa shape index (κ1) is 12.7. The van der Waals surface area contributed by atoms with Crippen LogP contribution in [0.1, 0.15) is 18.1 Å². The van der Waals surface area contributed by atoms with Gasteiger partial charge in [-0.2, -0.15) is 0 Å². The molecule has 0 aliphatic carbocycles. The average molecular weight is 221 g/mol. The number of hydrogen-bond acceptors (Lipinski definition) is 2. The molecule has 88 valence electrons. The van der Waals surface area contributed by atoms with Crippen molar-refractivity contribution in [3.05, 3.63) is 35.4 Å². The van der Waals surface area contributed by atoms with Crippen LogP contribution in [-0.4, -0.2) is 24.2 Å². The molecule has 1 aromatic carbocycles. The average Bonchev–Trinajstić information content (AvgIpc) is 2.26. The number of nitrogens with one attached hydrogen (secondary N) is 1. The lowest BCUT2D eigenvalue weighted by Crippen LogP contribution is -2.27. The Morgan fingerprint density at radius 1 is 1.38 bits per heavy atom. The summed E-state index contributed by atoms with van der Waals surface area (Å²) in [5, 5.41) is 11.8. The number of benzene rings is 1. The van der Waals surface area contributed by atoms with Crippen LogP contribution < -0.4 is 5.32 Å². The van der Waals surface area contributed by atoms with Gasteiger partial charge in [0.1, 0.15) is 0 Å². The number of hydrogen-bond donors (Lipinski definition) is 2. The van der Waals surface area contributed by atoms with Crippen LogP contribution in [-0.2, 0) is 11.2 Å². The fourth-order valence-electron chi connectivity index (χ4n) is 1.39. The van der Waals surface area contributed by atoms with Gasteiger partial charge >= 0.3 is 5.97 Å². The highest BCUT2D eigenvalue weighted by atomic mass is 16.4. The molecular formula is C13H19NO2. The smallest absolute Gasteiger partial charge is 0.307 e. The third-order valence-electron chi connectivity index (χ3n) is 2.58. The summed E-state index contributed by atoms with van der Waals surface area (Å²) in [4.78, 5) is 10.6. The summed E-state index contributed by atoms with van der Waals surface area (Å²) in [5.74, 6) is -1.07. The molecule has 0 fully saturated rings. The molecule has 1 rings (SSSR count). The zero-order valence-corrected chi connectivity index (χ0v) is 9.86. The van der Waals surface area contributed by atoms with Gasteiger partial charge in [0.2, 0.25) is 0 Å². The normalized spacial score (nSPS) is 12.4. The van der Waals surface area contributed by atoms with Crippen LogP contribution in [0.2, 0.25) is 0 Å². The summed E-state index contributed by atoms with van der Waals surface area (Å²) in [6.07, 6.45) is 0.937. The maximum absolute atomic E-state index is 10.6. The number of rotatable bonds is 6. The number of aliphatic carboxylic acids is 1. The van der Waals surface area contributed by atoms with Gasteiger partial charge in [0, 0.05) is 6.54 Å². The van der Waals surface area contributed by atoms with Crippen molar-refractivity contribution >= 4 is 5.97 Å². The molecule has 1 unspecified atom stereocenters. The van der Waals surface area contributed by atoms with E-state index in [4.69, 9.17) is 5.11 Å². The van der Waals surface area contributed by atoms with E-state index in [0.29, 0.717) is 6.54 Å².